The van der Waals surface area contributed by atoms with Crippen LogP contribution in [0.3, 0.4) is 0 Å². The summed E-state index contributed by atoms with van der Waals surface area (Å²) in [4.78, 5) is 4.33. The van der Waals surface area contributed by atoms with Gasteiger partial charge in [0.25, 0.3) is 0 Å². The van der Waals surface area contributed by atoms with Crippen LogP contribution < -0.4 is 5.73 Å². The van der Waals surface area contributed by atoms with E-state index in [0.717, 1.165) is 23.4 Å². The van der Waals surface area contributed by atoms with Gasteiger partial charge in [0.05, 0.1) is 17.9 Å². The van der Waals surface area contributed by atoms with Crippen molar-refractivity contribution in [3.05, 3.63) is 35.3 Å². The number of hydrogen-bond acceptors (Lipinski definition) is 4. The van der Waals surface area contributed by atoms with Crippen LogP contribution in [0.4, 0.5) is 5.82 Å². The van der Waals surface area contributed by atoms with E-state index in [-0.39, 0.29) is 0 Å². The van der Waals surface area contributed by atoms with Gasteiger partial charge in [0.15, 0.2) is 5.82 Å². The minimum absolute atomic E-state index is 0.510. The van der Waals surface area contributed by atoms with E-state index in [9.17, 15) is 0 Å². The number of aromatic nitrogens is 4. The second-order valence-electron chi connectivity index (χ2n) is 3.70. The van der Waals surface area contributed by atoms with Gasteiger partial charge in [-0.15, -0.1) is 5.10 Å². The van der Waals surface area contributed by atoms with Crippen molar-refractivity contribution in [1.82, 2.24) is 20.0 Å². The Labute approximate surface area is 94.3 Å². The molecule has 0 radical (unpaired) electrons. The minimum atomic E-state index is 0.510. The van der Waals surface area contributed by atoms with E-state index in [1.54, 1.807) is 6.20 Å². The van der Waals surface area contributed by atoms with Crippen LogP contribution in [0.1, 0.15) is 23.9 Å². The average molecular weight is 217 g/mol. The molecular weight excluding hydrogens is 202 g/mol. The molecule has 0 unspecified atom stereocenters. The van der Waals surface area contributed by atoms with Crippen LogP contribution in [0.25, 0.3) is 0 Å². The molecule has 0 bridgehead atoms. The standard InChI is InChI=1S/C11H15N5/c1-3-10-11(12)14-15-16(10)7-9-8(2)5-4-6-13-9/h4-6H,3,7,12H2,1-2H3. The number of nitrogen functional groups attached to an aromatic ring is 1. The summed E-state index contributed by atoms with van der Waals surface area (Å²) in [6.07, 6.45) is 2.61. The summed E-state index contributed by atoms with van der Waals surface area (Å²) in [5, 5.41) is 7.90. The quantitative estimate of drug-likeness (QED) is 0.838. The third kappa shape index (κ3) is 1.88. The van der Waals surface area contributed by atoms with E-state index in [1.165, 1.54) is 0 Å². The second kappa shape index (κ2) is 4.30. The van der Waals surface area contributed by atoms with E-state index < -0.39 is 0 Å². The van der Waals surface area contributed by atoms with Crippen molar-refractivity contribution in [3.63, 3.8) is 0 Å². The Kier molecular flexibility index (Phi) is 2.85. The number of rotatable bonds is 3. The predicted octanol–water partition coefficient (Wildman–Crippen LogP) is 1.17. The highest BCUT2D eigenvalue weighted by atomic mass is 15.4. The molecule has 0 amide bonds. The Morgan fingerprint density at radius 3 is 2.94 bits per heavy atom. The third-order valence-electron chi connectivity index (χ3n) is 2.62. The molecule has 5 nitrogen and oxygen atoms in total. The lowest BCUT2D eigenvalue weighted by Gasteiger charge is -2.06. The first-order chi connectivity index (χ1) is 7.72. The molecule has 2 aromatic heterocycles. The molecule has 0 fully saturated rings. The summed E-state index contributed by atoms with van der Waals surface area (Å²) in [6, 6.07) is 3.96. The Bertz CT molecular complexity index is 489. The number of aryl methyl sites for hydroxylation is 1. The monoisotopic (exact) mass is 217 g/mol. The Morgan fingerprint density at radius 1 is 1.44 bits per heavy atom. The van der Waals surface area contributed by atoms with Crippen LogP contribution in [0, 0.1) is 6.92 Å². The zero-order valence-corrected chi connectivity index (χ0v) is 9.51. The van der Waals surface area contributed by atoms with Gasteiger partial charge in [-0.3, -0.25) is 4.98 Å². The average Bonchev–Trinajstić information content (AvgIpc) is 2.63. The van der Waals surface area contributed by atoms with Gasteiger partial charge in [-0.25, -0.2) is 4.68 Å². The van der Waals surface area contributed by atoms with E-state index in [4.69, 9.17) is 5.73 Å². The summed E-state index contributed by atoms with van der Waals surface area (Å²) < 4.78 is 1.81. The van der Waals surface area contributed by atoms with Crippen molar-refractivity contribution in [2.75, 3.05) is 5.73 Å². The van der Waals surface area contributed by atoms with Crippen molar-refractivity contribution in [1.29, 1.82) is 0 Å². The van der Waals surface area contributed by atoms with Crippen molar-refractivity contribution in [2.24, 2.45) is 0 Å². The molecule has 84 valence electrons. The summed E-state index contributed by atoms with van der Waals surface area (Å²) in [5.41, 5.74) is 8.85. The molecule has 16 heavy (non-hydrogen) atoms. The van der Waals surface area contributed by atoms with Crippen molar-refractivity contribution in [2.45, 2.75) is 26.8 Å². The molecule has 0 spiro atoms. The highest BCUT2D eigenvalue weighted by Crippen LogP contribution is 2.11. The fourth-order valence-corrected chi connectivity index (χ4v) is 1.66. The molecule has 0 aliphatic carbocycles. The summed E-state index contributed by atoms with van der Waals surface area (Å²) >= 11 is 0. The van der Waals surface area contributed by atoms with E-state index in [2.05, 4.69) is 15.3 Å². The molecular formula is C11H15N5. The lowest BCUT2D eigenvalue weighted by molar-refractivity contribution is 0.610. The van der Waals surface area contributed by atoms with Gasteiger partial charge in [0.1, 0.15) is 0 Å². The van der Waals surface area contributed by atoms with Gasteiger partial charge < -0.3 is 5.73 Å². The molecule has 0 saturated carbocycles. The van der Waals surface area contributed by atoms with Gasteiger partial charge >= 0.3 is 0 Å². The Hall–Kier alpha value is -1.91. The molecule has 2 aromatic rings. The SMILES string of the molecule is CCc1c(N)nnn1Cc1ncccc1C. The summed E-state index contributed by atoms with van der Waals surface area (Å²) in [5.74, 6) is 0.510. The lowest BCUT2D eigenvalue weighted by atomic mass is 10.2. The van der Waals surface area contributed by atoms with E-state index in [0.29, 0.717) is 12.4 Å². The molecule has 5 heteroatoms. The first-order valence-electron chi connectivity index (χ1n) is 5.30. The molecule has 2 heterocycles. The molecule has 2 rings (SSSR count). The largest absolute Gasteiger partial charge is 0.381 e. The van der Waals surface area contributed by atoms with Gasteiger partial charge in [0, 0.05) is 6.20 Å². The highest BCUT2D eigenvalue weighted by molar-refractivity contribution is 5.33. The number of pyridine rings is 1. The van der Waals surface area contributed by atoms with Crippen molar-refractivity contribution in [3.8, 4) is 0 Å². The summed E-state index contributed by atoms with van der Waals surface area (Å²) in [7, 11) is 0. The first kappa shape index (κ1) is 10.6. The molecule has 0 aliphatic heterocycles. The molecule has 0 saturated heterocycles. The minimum Gasteiger partial charge on any atom is -0.381 e. The third-order valence-corrected chi connectivity index (χ3v) is 2.62. The number of hydrogen-bond donors (Lipinski definition) is 1. The zero-order valence-electron chi connectivity index (χ0n) is 9.51. The maximum atomic E-state index is 5.73. The Morgan fingerprint density at radius 2 is 2.25 bits per heavy atom. The fraction of sp³-hybridized carbons (Fsp3) is 0.364. The summed E-state index contributed by atoms with van der Waals surface area (Å²) in [6.45, 7) is 4.70. The smallest absolute Gasteiger partial charge is 0.169 e. The first-order valence-corrected chi connectivity index (χ1v) is 5.30. The molecule has 2 N–H and O–H groups in total. The molecule has 0 aliphatic rings. The number of nitrogens with zero attached hydrogens (tertiary/aromatic N) is 4. The topological polar surface area (TPSA) is 69.6 Å². The van der Waals surface area contributed by atoms with Crippen LogP contribution in [0.15, 0.2) is 18.3 Å². The maximum absolute atomic E-state index is 5.73. The maximum Gasteiger partial charge on any atom is 0.169 e. The normalized spacial score (nSPS) is 10.6. The van der Waals surface area contributed by atoms with E-state index >= 15 is 0 Å². The van der Waals surface area contributed by atoms with Crippen LogP contribution in [-0.2, 0) is 13.0 Å². The van der Waals surface area contributed by atoms with Gasteiger partial charge in [-0.1, -0.05) is 18.2 Å². The lowest BCUT2D eigenvalue weighted by Crippen LogP contribution is -2.09. The fourth-order valence-electron chi connectivity index (χ4n) is 1.66. The van der Waals surface area contributed by atoms with E-state index in [1.807, 2.05) is 30.7 Å². The van der Waals surface area contributed by atoms with Crippen LogP contribution in [-0.4, -0.2) is 20.0 Å². The van der Waals surface area contributed by atoms with Crippen LogP contribution in [0.2, 0.25) is 0 Å². The zero-order chi connectivity index (χ0) is 11.5. The number of nitrogens with two attached hydrogens (primary N) is 1. The van der Waals surface area contributed by atoms with Gasteiger partial charge in [-0.2, -0.15) is 0 Å². The van der Waals surface area contributed by atoms with Crippen molar-refractivity contribution < 1.29 is 0 Å². The van der Waals surface area contributed by atoms with Gasteiger partial charge in [-0.05, 0) is 25.0 Å². The predicted molar refractivity (Wildman–Crippen MR) is 61.9 cm³/mol. The number of anilines is 1. The highest BCUT2D eigenvalue weighted by Gasteiger charge is 2.09. The Balaban J connectivity index is 2.31. The van der Waals surface area contributed by atoms with Crippen LogP contribution in [0.5, 0.6) is 0 Å². The van der Waals surface area contributed by atoms with Gasteiger partial charge in [0.2, 0.25) is 0 Å². The van der Waals surface area contributed by atoms with Crippen LogP contribution >= 0.6 is 0 Å². The molecule has 0 atom stereocenters. The second-order valence-corrected chi connectivity index (χ2v) is 3.70. The molecule has 0 aromatic carbocycles. The van der Waals surface area contributed by atoms with Crippen molar-refractivity contribution >= 4 is 5.82 Å².